The molecular weight excluding hydrogens is 256 g/mol. The Bertz CT molecular complexity index is 444. The first-order valence-corrected chi connectivity index (χ1v) is 7.07. The number of nitrogens with one attached hydrogen (secondary N) is 1. The van der Waals surface area contributed by atoms with Gasteiger partial charge in [-0.1, -0.05) is 0 Å². The van der Waals surface area contributed by atoms with Crippen molar-refractivity contribution < 1.29 is 13.9 Å². The fourth-order valence-electron chi connectivity index (χ4n) is 2.91. The Hall–Kier alpha value is -1.33. The van der Waals surface area contributed by atoms with Crippen molar-refractivity contribution in [3.8, 4) is 0 Å². The molecule has 5 heteroatoms. The molecule has 0 unspecified atom stereocenters. The molecule has 1 aromatic rings. The molecule has 0 atom stereocenters. The van der Waals surface area contributed by atoms with Crippen molar-refractivity contribution in [2.24, 2.45) is 5.41 Å². The quantitative estimate of drug-likeness (QED) is 0.889. The summed E-state index contributed by atoms with van der Waals surface area (Å²) in [6, 6.07) is 1.92. The Labute approximate surface area is 120 Å². The lowest BCUT2D eigenvalue weighted by molar-refractivity contribution is -0.146. The van der Waals surface area contributed by atoms with Crippen LogP contribution in [0.4, 0.5) is 0 Å². The minimum absolute atomic E-state index is 0.168. The lowest BCUT2D eigenvalue weighted by Crippen LogP contribution is -2.50. The van der Waals surface area contributed by atoms with Gasteiger partial charge in [0.15, 0.2) is 0 Å². The Kier molecular flexibility index (Phi) is 4.83. The van der Waals surface area contributed by atoms with E-state index in [4.69, 9.17) is 9.15 Å². The van der Waals surface area contributed by atoms with Crippen LogP contribution in [0.15, 0.2) is 16.7 Å². The zero-order valence-electron chi connectivity index (χ0n) is 12.6. The van der Waals surface area contributed by atoms with Crippen molar-refractivity contribution in [1.29, 1.82) is 0 Å². The predicted molar refractivity (Wildman–Crippen MR) is 76.3 cm³/mol. The Morgan fingerprint density at radius 3 is 2.75 bits per heavy atom. The Balaban J connectivity index is 2.08. The van der Waals surface area contributed by atoms with E-state index < -0.39 is 0 Å². The number of hydrogen-bond acceptors (Lipinski definition) is 4. The van der Waals surface area contributed by atoms with E-state index in [0.717, 1.165) is 37.3 Å². The molecule has 0 bridgehead atoms. The molecule has 0 saturated carbocycles. The summed E-state index contributed by atoms with van der Waals surface area (Å²) >= 11 is 0. The molecule has 1 aromatic heterocycles. The van der Waals surface area contributed by atoms with E-state index in [1.807, 2.05) is 20.0 Å². The van der Waals surface area contributed by atoms with Crippen LogP contribution in [-0.4, -0.2) is 44.7 Å². The normalized spacial score (nSPS) is 17.9. The minimum Gasteiger partial charge on any atom is -0.469 e. The van der Waals surface area contributed by atoms with E-state index in [1.165, 1.54) is 0 Å². The highest BCUT2D eigenvalue weighted by atomic mass is 16.5. The highest BCUT2D eigenvalue weighted by Crippen LogP contribution is 2.32. The largest absolute Gasteiger partial charge is 0.469 e. The summed E-state index contributed by atoms with van der Waals surface area (Å²) in [4.78, 5) is 14.6. The second kappa shape index (κ2) is 6.41. The van der Waals surface area contributed by atoms with Crippen LogP contribution in [0.5, 0.6) is 0 Å². The van der Waals surface area contributed by atoms with Crippen LogP contribution in [0, 0.1) is 12.3 Å². The molecule has 1 aliphatic heterocycles. The number of methoxy groups -OCH3 is 1. The van der Waals surface area contributed by atoms with Crippen LogP contribution in [-0.2, 0) is 16.1 Å². The smallest absolute Gasteiger partial charge is 0.231 e. The Morgan fingerprint density at radius 2 is 2.20 bits per heavy atom. The molecule has 1 saturated heterocycles. The highest BCUT2D eigenvalue weighted by molar-refractivity contribution is 5.83. The van der Waals surface area contributed by atoms with E-state index in [0.29, 0.717) is 13.2 Å². The van der Waals surface area contributed by atoms with Gasteiger partial charge in [0.2, 0.25) is 5.91 Å². The van der Waals surface area contributed by atoms with Crippen molar-refractivity contribution in [2.45, 2.75) is 26.3 Å². The van der Waals surface area contributed by atoms with E-state index in [2.05, 4.69) is 5.32 Å². The van der Waals surface area contributed by atoms with Gasteiger partial charge in [0, 0.05) is 26.3 Å². The van der Waals surface area contributed by atoms with E-state index >= 15 is 0 Å². The third-order valence-corrected chi connectivity index (χ3v) is 4.16. The molecule has 1 amide bonds. The predicted octanol–water partition coefficient (Wildman–Crippen LogP) is 1.56. The summed E-state index contributed by atoms with van der Waals surface area (Å²) in [5.41, 5.74) is 0.675. The van der Waals surface area contributed by atoms with Crippen molar-refractivity contribution in [2.75, 3.05) is 33.9 Å². The summed E-state index contributed by atoms with van der Waals surface area (Å²) in [7, 11) is 3.52. The standard InChI is InChI=1S/C15H24N2O3/c1-12-13(4-9-20-12)10-17(2)14(18)15(11-19-3)5-7-16-8-6-15/h4,9,16H,5-8,10-11H2,1-3H3. The maximum atomic E-state index is 12.8. The zero-order valence-corrected chi connectivity index (χ0v) is 12.6. The molecular formula is C15H24N2O3. The number of rotatable bonds is 5. The average molecular weight is 280 g/mol. The molecule has 20 heavy (non-hydrogen) atoms. The number of furan rings is 1. The second-order valence-corrected chi connectivity index (χ2v) is 5.63. The number of nitrogens with zero attached hydrogens (tertiary/aromatic N) is 1. The molecule has 1 aliphatic rings. The Morgan fingerprint density at radius 1 is 1.50 bits per heavy atom. The van der Waals surface area contributed by atoms with Crippen LogP contribution >= 0.6 is 0 Å². The van der Waals surface area contributed by atoms with Crippen molar-refractivity contribution in [1.82, 2.24) is 10.2 Å². The number of carbonyl (C=O) groups is 1. The van der Waals surface area contributed by atoms with Gasteiger partial charge in [-0.05, 0) is 38.9 Å². The van der Waals surface area contributed by atoms with Gasteiger partial charge in [-0.2, -0.15) is 0 Å². The minimum atomic E-state index is -0.383. The number of carbonyl (C=O) groups excluding carboxylic acids is 1. The summed E-state index contributed by atoms with van der Waals surface area (Å²) in [5.74, 6) is 1.04. The van der Waals surface area contributed by atoms with E-state index in [9.17, 15) is 4.79 Å². The van der Waals surface area contributed by atoms with Gasteiger partial charge < -0.3 is 19.4 Å². The zero-order chi connectivity index (χ0) is 14.6. The van der Waals surface area contributed by atoms with Gasteiger partial charge in [-0.3, -0.25) is 4.79 Å². The second-order valence-electron chi connectivity index (χ2n) is 5.63. The molecule has 0 radical (unpaired) electrons. The summed E-state index contributed by atoms with van der Waals surface area (Å²) in [6.07, 6.45) is 3.32. The first kappa shape index (κ1) is 15.1. The van der Waals surface area contributed by atoms with Gasteiger partial charge in [-0.15, -0.1) is 0 Å². The van der Waals surface area contributed by atoms with Gasteiger partial charge in [0.1, 0.15) is 5.76 Å². The van der Waals surface area contributed by atoms with Crippen LogP contribution < -0.4 is 5.32 Å². The molecule has 112 valence electrons. The molecule has 1 fully saturated rings. The first-order chi connectivity index (χ1) is 9.59. The van der Waals surface area contributed by atoms with Crippen molar-refractivity contribution in [3.05, 3.63) is 23.7 Å². The van der Waals surface area contributed by atoms with Crippen LogP contribution in [0.1, 0.15) is 24.2 Å². The fraction of sp³-hybridized carbons (Fsp3) is 0.667. The maximum absolute atomic E-state index is 12.8. The third kappa shape index (κ3) is 3.04. The molecule has 0 aromatic carbocycles. The van der Waals surface area contributed by atoms with Crippen molar-refractivity contribution in [3.63, 3.8) is 0 Å². The van der Waals surface area contributed by atoms with Gasteiger partial charge in [0.05, 0.1) is 18.3 Å². The highest BCUT2D eigenvalue weighted by Gasteiger charge is 2.41. The molecule has 2 rings (SSSR count). The number of hydrogen-bond donors (Lipinski definition) is 1. The number of aryl methyl sites for hydroxylation is 1. The van der Waals surface area contributed by atoms with Crippen LogP contribution in [0.2, 0.25) is 0 Å². The molecule has 2 heterocycles. The van der Waals surface area contributed by atoms with Gasteiger partial charge in [-0.25, -0.2) is 0 Å². The molecule has 1 N–H and O–H groups in total. The lowest BCUT2D eigenvalue weighted by atomic mass is 9.78. The van der Waals surface area contributed by atoms with Crippen molar-refractivity contribution >= 4 is 5.91 Å². The topological polar surface area (TPSA) is 54.7 Å². The number of ether oxygens (including phenoxy) is 1. The van der Waals surface area contributed by atoms with Gasteiger partial charge in [0.25, 0.3) is 0 Å². The average Bonchev–Trinajstić information content (AvgIpc) is 2.85. The summed E-state index contributed by atoms with van der Waals surface area (Å²) in [5, 5.41) is 3.31. The number of piperidine rings is 1. The van der Waals surface area contributed by atoms with Crippen LogP contribution in [0.25, 0.3) is 0 Å². The maximum Gasteiger partial charge on any atom is 0.231 e. The SMILES string of the molecule is COCC1(C(=O)N(C)Cc2ccoc2C)CCNCC1. The number of amides is 1. The summed E-state index contributed by atoms with van der Waals surface area (Å²) < 4.78 is 10.6. The fourth-order valence-corrected chi connectivity index (χ4v) is 2.91. The molecule has 5 nitrogen and oxygen atoms in total. The monoisotopic (exact) mass is 280 g/mol. The van der Waals surface area contributed by atoms with Gasteiger partial charge >= 0.3 is 0 Å². The van der Waals surface area contributed by atoms with E-state index in [-0.39, 0.29) is 11.3 Å². The first-order valence-electron chi connectivity index (χ1n) is 7.07. The third-order valence-electron chi connectivity index (χ3n) is 4.16. The molecule has 0 spiro atoms. The van der Waals surface area contributed by atoms with Crippen LogP contribution in [0.3, 0.4) is 0 Å². The summed E-state index contributed by atoms with van der Waals surface area (Å²) in [6.45, 7) is 4.73. The van der Waals surface area contributed by atoms with E-state index in [1.54, 1.807) is 18.3 Å². The lowest BCUT2D eigenvalue weighted by Gasteiger charge is -2.38. The molecule has 0 aliphatic carbocycles.